The molecule has 1 fully saturated rings. The van der Waals surface area contributed by atoms with Gasteiger partial charge in [0.25, 0.3) is 0 Å². The zero-order chi connectivity index (χ0) is 11.8. The van der Waals surface area contributed by atoms with Crippen molar-refractivity contribution in [3.8, 4) is 0 Å². The minimum atomic E-state index is 0.289. The average Bonchev–Trinajstić information content (AvgIpc) is 2.67. The van der Waals surface area contributed by atoms with Gasteiger partial charge in [0.15, 0.2) is 0 Å². The van der Waals surface area contributed by atoms with Crippen molar-refractivity contribution in [2.75, 3.05) is 6.54 Å². The van der Waals surface area contributed by atoms with E-state index < -0.39 is 0 Å². The molecule has 0 bridgehead atoms. The number of fused-ring (bicyclic) bond motifs is 3. The molecule has 0 aromatic heterocycles. The molecule has 1 aromatic carbocycles. The normalized spacial score (nSPS) is 26.6. The second-order valence-corrected chi connectivity index (χ2v) is 4.95. The monoisotopic (exact) mass is 227 g/mol. The summed E-state index contributed by atoms with van der Waals surface area (Å²) in [6.45, 7) is 4.44. The first-order chi connectivity index (χ1) is 8.31. The lowest BCUT2D eigenvalue weighted by Gasteiger charge is -2.32. The first-order valence-corrected chi connectivity index (χ1v) is 6.29. The Morgan fingerprint density at radius 3 is 3.06 bits per heavy atom. The van der Waals surface area contributed by atoms with E-state index in [9.17, 15) is 4.79 Å². The number of amides is 1. The summed E-state index contributed by atoms with van der Waals surface area (Å²) in [7, 11) is 0. The number of benzene rings is 1. The number of carbonyl (C=O) groups is 1. The Bertz CT molecular complexity index is 466. The number of hydrogen-bond acceptors (Lipinski definition) is 1. The molecule has 1 heterocycles. The quantitative estimate of drug-likeness (QED) is 0.711. The summed E-state index contributed by atoms with van der Waals surface area (Å²) in [6, 6.07) is 8.97. The number of likely N-dealkylation sites (tertiary alicyclic amines) is 1. The van der Waals surface area contributed by atoms with Gasteiger partial charge in [-0.3, -0.25) is 4.79 Å². The molecule has 1 aromatic rings. The highest BCUT2D eigenvalue weighted by Gasteiger charge is 2.42. The van der Waals surface area contributed by atoms with E-state index in [1.807, 2.05) is 11.0 Å². The third kappa shape index (κ3) is 1.59. The maximum absolute atomic E-state index is 12.0. The molecule has 88 valence electrons. The van der Waals surface area contributed by atoms with Crippen LogP contribution in [0.2, 0.25) is 0 Å². The van der Waals surface area contributed by atoms with Crippen molar-refractivity contribution in [3.63, 3.8) is 0 Å². The second-order valence-electron chi connectivity index (χ2n) is 4.95. The summed E-state index contributed by atoms with van der Waals surface area (Å²) in [5.74, 6) is 0.698. The van der Waals surface area contributed by atoms with Crippen LogP contribution in [0.1, 0.15) is 29.9 Å². The van der Waals surface area contributed by atoms with Gasteiger partial charge in [0.2, 0.25) is 5.91 Å². The number of nitrogens with zero attached hydrogens (tertiary/aromatic N) is 1. The van der Waals surface area contributed by atoms with Crippen molar-refractivity contribution in [3.05, 3.63) is 48.0 Å². The van der Waals surface area contributed by atoms with Crippen LogP contribution >= 0.6 is 0 Å². The molecule has 2 atom stereocenters. The van der Waals surface area contributed by atoms with Crippen molar-refractivity contribution in [1.82, 2.24) is 4.90 Å². The van der Waals surface area contributed by atoms with E-state index >= 15 is 0 Å². The predicted molar refractivity (Wildman–Crippen MR) is 67.8 cm³/mol. The second kappa shape index (κ2) is 4.02. The molecule has 0 unspecified atom stereocenters. The minimum absolute atomic E-state index is 0.289. The van der Waals surface area contributed by atoms with E-state index in [0.29, 0.717) is 24.9 Å². The van der Waals surface area contributed by atoms with E-state index in [-0.39, 0.29) is 5.91 Å². The molecule has 17 heavy (non-hydrogen) atoms. The fourth-order valence-electron chi connectivity index (χ4n) is 3.32. The molecule has 1 saturated heterocycles. The van der Waals surface area contributed by atoms with Crippen LogP contribution in [0.5, 0.6) is 0 Å². The molecule has 3 rings (SSSR count). The lowest BCUT2D eigenvalue weighted by atomic mass is 9.79. The largest absolute Gasteiger partial charge is 0.335 e. The zero-order valence-electron chi connectivity index (χ0n) is 9.93. The lowest BCUT2D eigenvalue weighted by Crippen LogP contribution is -2.37. The summed E-state index contributed by atoms with van der Waals surface area (Å²) < 4.78 is 0. The van der Waals surface area contributed by atoms with Crippen LogP contribution in [-0.2, 0) is 11.2 Å². The highest BCUT2D eigenvalue weighted by atomic mass is 16.2. The van der Waals surface area contributed by atoms with E-state index in [2.05, 4.69) is 30.8 Å². The number of carbonyl (C=O) groups excluding carboxylic acids is 1. The standard InChI is InChI=1S/C15H17NO/c1-2-9-16-14-8-7-11-5-3-4-6-12(11)13(14)10-15(16)17/h2-6,13-14H,1,7-10H2/t13-,14+/m1/s1. The molecular weight excluding hydrogens is 210 g/mol. The van der Waals surface area contributed by atoms with Crippen LogP contribution in [0.4, 0.5) is 0 Å². The summed E-state index contributed by atoms with van der Waals surface area (Å²) >= 11 is 0. The van der Waals surface area contributed by atoms with Crippen LogP contribution in [-0.4, -0.2) is 23.4 Å². The third-order valence-electron chi connectivity index (χ3n) is 4.07. The van der Waals surface area contributed by atoms with Gasteiger partial charge in [-0.1, -0.05) is 30.3 Å². The first-order valence-electron chi connectivity index (χ1n) is 6.29. The van der Waals surface area contributed by atoms with Gasteiger partial charge in [-0.15, -0.1) is 6.58 Å². The Labute approximate surface area is 102 Å². The molecular formula is C15H17NO. The summed E-state index contributed by atoms with van der Waals surface area (Å²) in [4.78, 5) is 14.0. The summed E-state index contributed by atoms with van der Waals surface area (Å²) in [5, 5.41) is 0. The molecule has 0 saturated carbocycles. The number of rotatable bonds is 2. The van der Waals surface area contributed by atoms with Crippen LogP contribution in [0.25, 0.3) is 0 Å². The van der Waals surface area contributed by atoms with Crippen LogP contribution in [0.3, 0.4) is 0 Å². The number of hydrogen-bond donors (Lipinski definition) is 0. The van der Waals surface area contributed by atoms with Crippen molar-refractivity contribution in [2.24, 2.45) is 0 Å². The SMILES string of the molecule is C=CCN1C(=O)C[C@@H]2c3ccccc3CC[C@@H]21. The van der Waals surface area contributed by atoms with Crippen LogP contribution in [0.15, 0.2) is 36.9 Å². The van der Waals surface area contributed by atoms with Crippen LogP contribution < -0.4 is 0 Å². The van der Waals surface area contributed by atoms with E-state index in [1.165, 1.54) is 11.1 Å². The molecule has 2 nitrogen and oxygen atoms in total. The molecule has 0 spiro atoms. The molecule has 1 amide bonds. The van der Waals surface area contributed by atoms with Gasteiger partial charge in [0, 0.05) is 24.9 Å². The average molecular weight is 227 g/mol. The molecule has 2 aliphatic rings. The van der Waals surface area contributed by atoms with Gasteiger partial charge in [-0.25, -0.2) is 0 Å². The molecule has 2 heteroatoms. The lowest BCUT2D eigenvalue weighted by molar-refractivity contribution is -0.128. The Hall–Kier alpha value is -1.57. The number of aryl methyl sites for hydroxylation is 1. The van der Waals surface area contributed by atoms with Gasteiger partial charge >= 0.3 is 0 Å². The maximum Gasteiger partial charge on any atom is 0.223 e. The van der Waals surface area contributed by atoms with Gasteiger partial charge in [0.05, 0.1) is 0 Å². The summed E-state index contributed by atoms with van der Waals surface area (Å²) in [6.07, 6.45) is 4.70. The van der Waals surface area contributed by atoms with E-state index in [4.69, 9.17) is 0 Å². The fourth-order valence-corrected chi connectivity index (χ4v) is 3.32. The molecule has 0 N–H and O–H groups in total. The fraction of sp³-hybridized carbons (Fsp3) is 0.400. The highest BCUT2D eigenvalue weighted by Crippen LogP contribution is 2.41. The van der Waals surface area contributed by atoms with Gasteiger partial charge in [0.1, 0.15) is 0 Å². The third-order valence-corrected chi connectivity index (χ3v) is 4.07. The molecule has 1 aliphatic heterocycles. The first kappa shape index (κ1) is 10.6. The Kier molecular flexibility index (Phi) is 2.50. The van der Waals surface area contributed by atoms with Crippen molar-refractivity contribution in [1.29, 1.82) is 0 Å². The topological polar surface area (TPSA) is 20.3 Å². The summed E-state index contributed by atoms with van der Waals surface area (Å²) in [5.41, 5.74) is 2.82. The zero-order valence-corrected chi connectivity index (χ0v) is 9.93. The smallest absolute Gasteiger partial charge is 0.223 e. The maximum atomic E-state index is 12.0. The molecule has 1 aliphatic carbocycles. The van der Waals surface area contributed by atoms with Crippen LogP contribution in [0, 0.1) is 0 Å². The molecule has 0 radical (unpaired) electrons. The van der Waals surface area contributed by atoms with Crippen molar-refractivity contribution in [2.45, 2.75) is 31.2 Å². The Morgan fingerprint density at radius 1 is 1.41 bits per heavy atom. The predicted octanol–water partition coefficient (Wildman–Crippen LogP) is 2.50. The minimum Gasteiger partial charge on any atom is -0.335 e. The highest BCUT2D eigenvalue weighted by molar-refractivity contribution is 5.81. The van der Waals surface area contributed by atoms with Crippen molar-refractivity contribution < 1.29 is 4.79 Å². The Morgan fingerprint density at radius 2 is 2.24 bits per heavy atom. The van der Waals surface area contributed by atoms with Gasteiger partial charge in [-0.05, 0) is 24.0 Å². The van der Waals surface area contributed by atoms with Crippen molar-refractivity contribution >= 4 is 5.91 Å². The Balaban J connectivity index is 1.96. The van der Waals surface area contributed by atoms with Gasteiger partial charge < -0.3 is 4.90 Å². The van der Waals surface area contributed by atoms with Gasteiger partial charge in [-0.2, -0.15) is 0 Å². The van der Waals surface area contributed by atoms with E-state index in [1.54, 1.807) is 0 Å². The van der Waals surface area contributed by atoms with E-state index in [0.717, 1.165) is 12.8 Å².